The maximum Gasteiger partial charge on any atom is 0.310 e. The molecule has 1 rings (SSSR count). The summed E-state index contributed by atoms with van der Waals surface area (Å²) < 4.78 is 5.73. The first kappa shape index (κ1) is 15.4. The quantitative estimate of drug-likeness (QED) is 0.581. The predicted molar refractivity (Wildman–Crippen MR) is 76.8 cm³/mol. The lowest BCUT2D eigenvalue weighted by atomic mass is 10.0. The molecule has 0 amide bonds. The van der Waals surface area contributed by atoms with Gasteiger partial charge in [0.2, 0.25) is 0 Å². The molecule has 0 N–H and O–H groups in total. The molecule has 1 unspecified atom stereocenters. The van der Waals surface area contributed by atoms with E-state index in [1.165, 1.54) is 6.92 Å². The summed E-state index contributed by atoms with van der Waals surface area (Å²) in [6.45, 7) is 3.63. The number of ether oxygens (including phenoxy) is 1. The van der Waals surface area contributed by atoms with E-state index in [1.807, 2.05) is 18.2 Å². The van der Waals surface area contributed by atoms with E-state index >= 15 is 0 Å². The van der Waals surface area contributed by atoms with Gasteiger partial charge in [-0.15, -0.1) is 0 Å². The van der Waals surface area contributed by atoms with Gasteiger partial charge in [-0.3, -0.25) is 9.59 Å². The minimum atomic E-state index is -0.419. The van der Waals surface area contributed by atoms with Gasteiger partial charge in [-0.2, -0.15) is 0 Å². The second-order valence-electron chi connectivity index (χ2n) is 3.77. The Labute approximate surface area is 123 Å². The summed E-state index contributed by atoms with van der Waals surface area (Å²) in [5, 5.41) is 0. The van der Waals surface area contributed by atoms with Crippen LogP contribution in [0.5, 0.6) is 0 Å². The van der Waals surface area contributed by atoms with Gasteiger partial charge in [0, 0.05) is 4.47 Å². The van der Waals surface area contributed by atoms with Crippen molar-refractivity contribution < 1.29 is 14.3 Å². The van der Waals surface area contributed by atoms with E-state index in [0.717, 1.165) is 15.6 Å². The van der Waals surface area contributed by atoms with Crippen molar-refractivity contribution in [1.29, 1.82) is 0 Å². The predicted octanol–water partition coefficient (Wildman–Crippen LogP) is 3.58. The molecular weight excluding hydrogens is 364 g/mol. The summed E-state index contributed by atoms with van der Waals surface area (Å²) in [6.07, 6.45) is 0.165. The number of carbonyl (C=O) groups is 2. The maximum atomic E-state index is 11.5. The normalized spacial score (nSPS) is 12.0. The smallest absolute Gasteiger partial charge is 0.310 e. The van der Waals surface area contributed by atoms with Gasteiger partial charge in [-0.1, -0.05) is 44.0 Å². The minimum Gasteiger partial charge on any atom is -0.466 e. The van der Waals surface area contributed by atoms with Crippen LogP contribution in [0.25, 0.3) is 0 Å². The molecule has 98 valence electrons. The summed E-state index contributed by atoms with van der Waals surface area (Å²) >= 11 is 6.76. The van der Waals surface area contributed by atoms with Gasteiger partial charge in [-0.05, 0) is 31.0 Å². The molecule has 0 aromatic heterocycles. The van der Waals surface area contributed by atoms with E-state index in [2.05, 4.69) is 31.9 Å². The number of Topliss-reactive ketones (excluding diaryl/α,β-unsaturated/α-hetero) is 1. The van der Waals surface area contributed by atoms with Gasteiger partial charge in [0.15, 0.2) is 0 Å². The monoisotopic (exact) mass is 376 g/mol. The van der Waals surface area contributed by atoms with Crippen LogP contribution < -0.4 is 0 Å². The van der Waals surface area contributed by atoms with Crippen molar-refractivity contribution in [2.45, 2.75) is 25.1 Å². The number of ketones is 1. The molecule has 0 saturated carbocycles. The van der Waals surface area contributed by atoms with Crippen LogP contribution in [0.3, 0.4) is 0 Å². The molecule has 0 spiro atoms. The van der Waals surface area contributed by atoms with Crippen LogP contribution in [0.1, 0.15) is 29.8 Å². The first-order valence-corrected chi connectivity index (χ1v) is 7.25. The Morgan fingerprint density at radius 1 is 1.39 bits per heavy atom. The number of benzene rings is 1. The third-order valence-corrected chi connectivity index (χ3v) is 4.19. The molecule has 18 heavy (non-hydrogen) atoms. The minimum absolute atomic E-state index is 0.00740. The Hall–Kier alpha value is -0.680. The van der Waals surface area contributed by atoms with Crippen molar-refractivity contribution in [3.8, 4) is 0 Å². The van der Waals surface area contributed by atoms with Crippen molar-refractivity contribution >= 4 is 43.6 Å². The van der Waals surface area contributed by atoms with Crippen molar-refractivity contribution in [2.24, 2.45) is 0 Å². The zero-order chi connectivity index (χ0) is 13.7. The highest BCUT2D eigenvalue weighted by molar-refractivity contribution is 9.11. The lowest BCUT2D eigenvalue weighted by Crippen LogP contribution is -2.12. The first-order chi connectivity index (χ1) is 8.47. The maximum absolute atomic E-state index is 11.5. The molecule has 0 fully saturated rings. The fraction of sp³-hybridized carbons (Fsp3) is 0.385. The lowest BCUT2D eigenvalue weighted by molar-refractivity contribution is -0.142. The van der Waals surface area contributed by atoms with E-state index in [9.17, 15) is 9.59 Å². The van der Waals surface area contributed by atoms with E-state index in [1.54, 1.807) is 6.92 Å². The van der Waals surface area contributed by atoms with Gasteiger partial charge in [0.25, 0.3) is 0 Å². The molecule has 0 radical (unpaired) electrons. The van der Waals surface area contributed by atoms with E-state index in [-0.39, 0.29) is 18.2 Å². The summed E-state index contributed by atoms with van der Waals surface area (Å²) in [7, 11) is 0. The molecular formula is C13H14Br2O3. The number of esters is 1. The highest BCUT2D eigenvalue weighted by Gasteiger charge is 2.20. The second-order valence-corrected chi connectivity index (χ2v) is 5.54. The zero-order valence-corrected chi connectivity index (χ0v) is 13.4. The molecule has 5 heteroatoms. The van der Waals surface area contributed by atoms with Crippen molar-refractivity contribution in [3.05, 3.63) is 33.8 Å². The van der Waals surface area contributed by atoms with Gasteiger partial charge in [-0.25, -0.2) is 0 Å². The summed E-state index contributed by atoms with van der Waals surface area (Å²) in [5.41, 5.74) is 1.58. The number of hydrogen-bond acceptors (Lipinski definition) is 3. The zero-order valence-electron chi connectivity index (χ0n) is 10.2. The first-order valence-electron chi connectivity index (χ1n) is 5.54. The Morgan fingerprint density at radius 2 is 2.06 bits per heavy atom. The van der Waals surface area contributed by atoms with Gasteiger partial charge in [0.05, 0.1) is 17.9 Å². The summed E-state index contributed by atoms with van der Waals surface area (Å²) in [6, 6.07) is 5.51. The van der Waals surface area contributed by atoms with E-state index < -0.39 is 4.83 Å². The fourth-order valence-corrected chi connectivity index (χ4v) is 3.07. The van der Waals surface area contributed by atoms with E-state index in [4.69, 9.17) is 4.74 Å². The molecule has 0 bridgehead atoms. The third kappa shape index (κ3) is 3.92. The number of carbonyl (C=O) groups excluding carboxylic acids is 2. The molecule has 1 atom stereocenters. The summed E-state index contributed by atoms with van der Waals surface area (Å²) in [5.74, 6) is -0.299. The average molecular weight is 378 g/mol. The second kappa shape index (κ2) is 7.04. The van der Waals surface area contributed by atoms with Crippen LogP contribution in [-0.4, -0.2) is 18.4 Å². The Kier molecular flexibility index (Phi) is 6.02. The average Bonchev–Trinajstić information content (AvgIpc) is 2.28. The fourth-order valence-electron chi connectivity index (χ4n) is 1.59. The van der Waals surface area contributed by atoms with Crippen LogP contribution in [0.15, 0.2) is 22.7 Å². The number of hydrogen-bond donors (Lipinski definition) is 0. The Morgan fingerprint density at radius 3 is 2.61 bits per heavy atom. The van der Waals surface area contributed by atoms with Gasteiger partial charge in [0.1, 0.15) is 5.78 Å². The molecule has 3 nitrogen and oxygen atoms in total. The Bertz CT molecular complexity index is 458. The molecule has 1 aromatic carbocycles. The topological polar surface area (TPSA) is 43.4 Å². The van der Waals surface area contributed by atoms with Gasteiger partial charge < -0.3 is 4.74 Å². The molecule has 0 aliphatic carbocycles. The SMILES string of the molecule is CCOC(=O)Cc1cccc(Br)c1C(Br)C(C)=O. The molecule has 1 aromatic rings. The van der Waals surface area contributed by atoms with Crippen LogP contribution in [0.4, 0.5) is 0 Å². The highest BCUT2D eigenvalue weighted by atomic mass is 79.9. The third-order valence-electron chi connectivity index (χ3n) is 2.39. The molecule has 0 aliphatic rings. The number of alkyl halides is 1. The molecule has 0 aliphatic heterocycles. The van der Waals surface area contributed by atoms with Crippen molar-refractivity contribution in [1.82, 2.24) is 0 Å². The summed E-state index contributed by atoms with van der Waals surface area (Å²) in [4.78, 5) is 22.6. The van der Waals surface area contributed by atoms with Crippen molar-refractivity contribution in [3.63, 3.8) is 0 Å². The van der Waals surface area contributed by atoms with Crippen LogP contribution in [0.2, 0.25) is 0 Å². The molecule has 0 saturated heterocycles. The van der Waals surface area contributed by atoms with E-state index in [0.29, 0.717) is 6.61 Å². The lowest BCUT2D eigenvalue weighted by Gasteiger charge is -2.14. The van der Waals surface area contributed by atoms with Crippen LogP contribution in [0, 0.1) is 0 Å². The standard InChI is InChI=1S/C13H14Br2O3/c1-3-18-11(17)7-9-5-4-6-10(14)12(9)13(15)8(2)16/h4-6,13H,3,7H2,1-2H3. The van der Waals surface area contributed by atoms with Gasteiger partial charge >= 0.3 is 5.97 Å². The highest BCUT2D eigenvalue weighted by Crippen LogP contribution is 2.33. The number of halogens is 2. The largest absolute Gasteiger partial charge is 0.466 e. The Balaban J connectivity index is 3.08. The molecule has 0 heterocycles. The number of rotatable bonds is 5. The van der Waals surface area contributed by atoms with Crippen molar-refractivity contribution in [2.75, 3.05) is 6.61 Å². The van der Waals surface area contributed by atoms with Crippen LogP contribution in [-0.2, 0) is 20.7 Å². The van der Waals surface area contributed by atoms with Crippen LogP contribution >= 0.6 is 31.9 Å².